The SMILES string of the molecule is CC(CN)c1ccc2c(c1)c1c(n2C)N2CCC1CC2. The topological polar surface area (TPSA) is 34.2 Å². The van der Waals surface area contributed by atoms with Crippen molar-refractivity contribution in [3.8, 4) is 0 Å². The molecule has 0 aliphatic carbocycles. The molecule has 1 aromatic heterocycles. The van der Waals surface area contributed by atoms with Crippen LogP contribution in [0, 0.1) is 0 Å². The maximum Gasteiger partial charge on any atom is 0.112 e. The van der Waals surface area contributed by atoms with Gasteiger partial charge in [0, 0.05) is 36.6 Å². The fourth-order valence-corrected chi connectivity index (χ4v) is 4.08. The second-order valence-electron chi connectivity index (χ2n) is 6.47. The number of rotatable bonds is 2. The highest BCUT2D eigenvalue weighted by molar-refractivity contribution is 5.92. The normalized spacial score (nSPS) is 19.6. The summed E-state index contributed by atoms with van der Waals surface area (Å²) < 4.78 is 2.40. The van der Waals surface area contributed by atoms with E-state index in [9.17, 15) is 0 Å². The molecule has 3 heteroatoms. The Hall–Kier alpha value is -1.48. The average molecular weight is 269 g/mol. The van der Waals surface area contributed by atoms with E-state index in [1.807, 2.05) is 0 Å². The Labute approximate surface area is 120 Å². The largest absolute Gasteiger partial charge is 0.358 e. The summed E-state index contributed by atoms with van der Waals surface area (Å²) in [5.74, 6) is 2.68. The van der Waals surface area contributed by atoms with Crippen LogP contribution < -0.4 is 10.6 Å². The first kappa shape index (κ1) is 12.3. The van der Waals surface area contributed by atoms with Gasteiger partial charge in [-0.05, 0) is 48.9 Å². The van der Waals surface area contributed by atoms with Gasteiger partial charge in [0.25, 0.3) is 0 Å². The van der Waals surface area contributed by atoms with Crippen molar-refractivity contribution in [2.24, 2.45) is 12.8 Å². The Bertz CT molecular complexity index is 662. The predicted molar refractivity (Wildman–Crippen MR) is 84.6 cm³/mol. The third kappa shape index (κ3) is 1.50. The summed E-state index contributed by atoms with van der Waals surface area (Å²) in [4.78, 5) is 2.57. The van der Waals surface area contributed by atoms with E-state index >= 15 is 0 Å². The first-order valence-corrected chi connectivity index (χ1v) is 7.78. The molecule has 3 aliphatic rings. The van der Waals surface area contributed by atoms with E-state index in [1.54, 1.807) is 5.56 Å². The Morgan fingerprint density at radius 2 is 2.05 bits per heavy atom. The quantitative estimate of drug-likeness (QED) is 0.909. The third-order valence-corrected chi connectivity index (χ3v) is 5.36. The van der Waals surface area contributed by atoms with Crippen molar-refractivity contribution in [2.75, 3.05) is 24.5 Å². The van der Waals surface area contributed by atoms with Gasteiger partial charge in [-0.1, -0.05) is 13.0 Å². The summed E-state index contributed by atoms with van der Waals surface area (Å²) in [5.41, 5.74) is 10.2. The first-order valence-electron chi connectivity index (χ1n) is 7.78. The van der Waals surface area contributed by atoms with Crippen LogP contribution in [0.1, 0.15) is 42.7 Å². The standard InChI is InChI=1S/C17H23N3/c1-11(10-18)13-3-4-15-14(9-13)16-12-5-7-20(8-6-12)17(16)19(15)2/h3-4,9,11-12H,5-8,10,18H2,1-2H3. The highest BCUT2D eigenvalue weighted by Gasteiger charge is 2.35. The van der Waals surface area contributed by atoms with Gasteiger partial charge in [-0.15, -0.1) is 0 Å². The number of aromatic nitrogens is 1. The minimum absolute atomic E-state index is 0.441. The molecule has 2 aromatic rings. The molecular weight excluding hydrogens is 246 g/mol. The van der Waals surface area contributed by atoms with Crippen LogP contribution >= 0.6 is 0 Å². The minimum Gasteiger partial charge on any atom is -0.358 e. The molecule has 20 heavy (non-hydrogen) atoms. The second-order valence-corrected chi connectivity index (χ2v) is 6.47. The lowest BCUT2D eigenvalue weighted by atomic mass is 9.83. The second kappa shape index (κ2) is 4.26. The number of aryl methyl sites for hydroxylation is 1. The van der Waals surface area contributed by atoms with Crippen LogP contribution in [0.3, 0.4) is 0 Å². The molecule has 2 bridgehead atoms. The number of piperidine rings is 1. The Morgan fingerprint density at radius 1 is 1.30 bits per heavy atom. The monoisotopic (exact) mass is 269 g/mol. The number of hydrogen-bond acceptors (Lipinski definition) is 2. The van der Waals surface area contributed by atoms with Gasteiger partial charge in [0.15, 0.2) is 0 Å². The van der Waals surface area contributed by atoms with Crippen LogP contribution in [0.25, 0.3) is 10.9 Å². The lowest BCUT2D eigenvalue weighted by Crippen LogP contribution is -2.39. The summed E-state index contributed by atoms with van der Waals surface area (Å²) in [6, 6.07) is 6.94. The van der Waals surface area contributed by atoms with E-state index in [-0.39, 0.29) is 0 Å². The molecule has 4 heterocycles. The van der Waals surface area contributed by atoms with Gasteiger partial charge < -0.3 is 15.2 Å². The molecule has 1 saturated heterocycles. The van der Waals surface area contributed by atoms with Crippen LogP contribution in [0.4, 0.5) is 5.82 Å². The van der Waals surface area contributed by atoms with Crippen molar-refractivity contribution >= 4 is 16.7 Å². The maximum absolute atomic E-state index is 5.84. The van der Waals surface area contributed by atoms with E-state index in [0.29, 0.717) is 5.92 Å². The smallest absolute Gasteiger partial charge is 0.112 e. The van der Waals surface area contributed by atoms with Crippen molar-refractivity contribution in [1.29, 1.82) is 0 Å². The number of fused-ring (bicyclic) bond motifs is 3. The molecule has 0 spiro atoms. The summed E-state index contributed by atoms with van der Waals surface area (Å²) >= 11 is 0. The van der Waals surface area contributed by atoms with E-state index in [4.69, 9.17) is 5.73 Å². The molecule has 3 nitrogen and oxygen atoms in total. The van der Waals surface area contributed by atoms with Crippen molar-refractivity contribution in [2.45, 2.75) is 31.6 Å². The van der Waals surface area contributed by atoms with Crippen LogP contribution in [-0.4, -0.2) is 24.2 Å². The highest BCUT2D eigenvalue weighted by Crippen LogP contribution is 2.47. The maximum atomic E-state index is 5.84. The summed E-state index contributed by atoms with van der Waals surface area (Å²) in [6.45, 7) is 5.39. The van der Waals surface area contributed by atoms with Crippen LogP contribution in [0.5, 0.6) is 0 Å². The van der Waals surface area contributed by atoms with Gasteiger partial charge in [0.2, 0.25) is 0 Å². The third-order valence-electron chi connectivity index (χ3n) is 5.36. The van der Waals surface area contributed by atoms with Gasteiger partial charge in [0.1, 0.15) is 5.82 Å². The van der Waals surface area contributed by atoms with E-state index in [0.717, 1.165) is 12.5 Å². The zero-order valence-corrected chi connectivity index (χ0v) is 12.4. The fourth-order valence-electron chi connectivity index (χ4n) is 4.08. The van der Waals surface area contributed by atoms with Crippen molar-refractivity contribution < 1.29 is 0 Å². The Kier molecular flexibility index (Phi) is 2.61. The Balaban J connectivity index is 1.98. The Morgan fingerprint density at radius 3 is 2.75 bits per heavy atom. The number of hydrogen-bond donors (Lipinski definition) is 1. The van der Waals surface area contributed by atoms with Crippen molar-refractivity contribution in [3.63, 3.8) is 0 Å². The van der Waals surface area contributed by atoms with Crippen LogP contribution in [0.2, 0.25) is 0 Å². The van der Waals surface area contributed by atoms with Crippen LogP contribution in [0.15, 0.2) is 18.2 Å². The van der Waals surface area contributed by atoms with Gasteiger partial charge in [0.05, 0.1) is 0 Å². The fraction of sp³-hybridized carbons (Fsp3) is 0.529. The molecule has 106 valence electrons. The van der Waals surface area contributed by atoms with Gasteiger partial charge in [-0.25, -0.2) is 0 Å². The minimum atomic E-state index is 0.441. The van der Waals surface area contributed by atoms with Gasteiger partial charge in [-0.2, -0.15) is 0 Å². The summed E-state index contributed by atoms with van der Waals surface area (Å²) in [5, 5.41) is 1.47. The molecule has 2 N–H and O–H groups in total. The van der Waals surface area contributed by atoms with Crippen molar-refractivity contribution in [3.05, 3.63) is 29.3 Å². The molecular formula is C17H23N3. The lowest BCUT2D eigenvalue weighted by molar-refractivity contribution is 0.469. The molecule has 1 aromatic carbocycles. The summed E-state index contributed by atoms with van der Waals surface area (Å²) in [7, 11) is 2.22. The van der Waals surface area contributed by atoms with Crippen molar-refractivity contribution in [1.82, 2.24) is 4.57 Å². The summed E-state index contributed by atoms with van der Waals surface area (Å²) in [6.07, 6.45) is 2.64. The zero-order valence-electron chi connectivity index (χ0n) is 12.4. The molecule has 1 fully saturated rings. The zero-order chi connectivity index (χ0) is 13.9. The number of anilines is 1. The van der Waals surface area contributed by atoms with Crippen LogP contribution in [-0.2, 0) is 7.05 Å². The van der Waals surface area contributed by atoms with E-state index in [1.165, 1.54) is 48.2 Å². The molecule has 1 atom stereocenters. The average Bonchev–Trinajstić information content (AvgIpc) is 2.83. The van der Waals surface area contributed by atoms with E-state index in [2.05, 4.69) is 41.6 Å². The number of nitrogens with two attached hydrogens (primary N) is 1. The molecule has 0 amide bonds. The molecule has 5 rings (SSSR count). The molecule has 3 aliphatic heterocycles. The van der Waals surface area contributed by atoms with Gasteiger partial charge in [-0.3, -0.25) is 0 Å². The highest BCUT2D eigenvalue weighted by atomic mass is 15.3. The number of benzene rings is 1. The predicted octanol–water partition coefficient (Wildman–Crippen LogP) is 2.94. The lowest BCUT2D eigenvalue weighted by Gasteiger charge is -2.41. The first-order chi connectivity index (χ1) is 9.70. The molecule has 0 saturated carbocycles. The van der Waals surface area contributed by atoms with E-state index < -0.39 is 0 Å². The number of nitrogens with zero attached hydrogens (tertiary/aromatic N) is 2. The molecule has 0 radical (unpaired) electrons. The molecule has 1 unspecified atom stereocenters. The van der Waals surface area contributed by atoms with Gasteiger partial charge >= 0.3 is 0 Å².